The van der Waals surface area contributed by atoms with Gasteiger partial charge in [-0.05, 0) is 68.9 Å². The van der Waals surface area contributed by atoms with Crippen molar-refractivity contribution in [2.75, 3.05) is 31.5 Å². The van der Waals surface area contributed by atoms with E-state index in [1.807, 2.05) is 25.1 Å². The third-order valence-electron chi connectivity index (χ3n) is 6.12. The maximum atomic E-state index is 12.7. The smallest absolute Gasteiger partial charge is 0.408 e. The van der Waals surface area contributed by atoms with Gasteiger partial charge in [-0.15, -0.1) is 0 Å². The van der Waals surface area contributed by atoms with Gasteiger partial charge in [-0.1, -0.05) is 25.6 Å². The molecule has 0 saturated heterocycles. The van der Waals surface area contributed by atoms with Gasteiger partial charge in [0.25, 0.3) is 0 Å². The van der Waals surface area contributed by atoms with Crippen molar-refractivity contribution in [2.24, 2.45) is 10.9 Å². The number of pyridine rings is 1. The number of hydrogen-bond donors (Lipinski definition) is 3. The Labute approximate surface area is 235 Å². The van der Waals surface area contributed by atoms with Crippen LogP contribution < -0.4 is 16.5 Å². The standard InChI is InChI=1S/C29H37N7O4/c1-6-11-32-26-23(16-30)15-24(17-33-26)27(40-31)35-19(2)21-8-7-20-9-12-36(13-10-22(20)14-21)25(37)18-34-28(38)39-29(3,4)5/h7-8,14-15,17H,2,6,9-13,18,31H2,1,3-5H3,(H,32,33)(H,34,38). The van der Waals surface area contributed by atoms with Crippen molar-refractivity contribution in [3.8, 4) is 6.07 Å². The van der Waals surface area contributed by atoms with Crippen molar-refractivity contribution >= 4 is 29.4 Å². The summed E-state index contributed by atoms with van der Waals surface area (Å²) in [5.41, 5.74) is 3.58. The van der Waals surface area contributed by atoms with E-state index in [2.05, 4.69) is 33.3 Å². The Hall–Kier alpha value is -4.43. The average molecular weight is 548 g/mol. The van der Waals surface area contributed by atoms with Gasteiger partial charge in [-0.3, -0.25) is 4.79 Å². The van der Waals surface area contributed by atoms with Gasteiger partial charge in [0.2, 0.25) is 11.8 Å². The number of nitrogens with zero attached hydrogens (tertiary/aromatic N) is 4. The lowest BCUT2D eigenvalue weighted by molar-refractivity contribution is -0.130. The van der Waals surface area contributed by atoms with Crippen LogP contribution >= 0.6 is 0 Å². The molecule has 0 aliphatic carbocycles. The number of nitrogens with one attached hydrogen (secondary N) is 2. The van der Waals surface area contributed by atoms with E-state index in [0.29, 0.717) is 55.1 Å². The molecule has 0 bridgehead atoms. The van der Waals surface area contributed by atoms with Gasteiger partial charge in [0, 0.05) is 25.8 Å². The minimum absolute atomic E-state index is 0.0836. The summed E-state index contributed by atoms with van der Waals surface area (Å²) in [6, 6.07) is 9.66. The number of rotatable bonds is 8. The topological polar surface area (TPSA) is 155 Å². The molecule has 0 fully saturated rings. The van der Waals surface area contributed by atoms with Crippen molar-refractivity contribution in [1.82, 2.24) is 15.2 Å². The average Bonchev–Trinajstić information content (AvgIpc) is 3.14. The number of aliphatic imine (C=N–C) groups is 1. The summed E-state index contributed by atoms with van der Waals surface area (Å²) in [5.74, 6) is 5.92. The number of anilines is 1. The number of carbonyl (C=O) groups excluding carboxylic acids is 2. The molecule has 1 aromatic heterocycles. The van der Waals surface area contributed by atoms with Crippen molar-refractivity contribution in [2.45, 2.75) is 52.6 Å². The van der Waals surface area contributed by atoms with Crippen LogP contribution in [-0.2, 0) is 27.2 Å². The predicted molar refractivity (Wildman–Crippen MR) is 153 cm³/mol. The van der Waals surface area contributed by atoms with Gasteiger partial charge in [0.05, 0.1) is 16.8 Å². The fourth-order valence-corrected chi connectivity index (χ4v) is 4.13. The summed E-state index contributed by atoms with van der Waals surface area (Å²) in [7, 11) is 0. The first-order valence-electron chi connectivity index (χ1n) is 13.2. The maximum Gasteiger partial charge on any atom is 0.408 e. The van der Waals surface area contributed by atoms with E-state index in [1.165, 1.54) is 6.20 Å². The third kappa shape index (κ3) is 8.28. The maximum absolute atomic E-state index is 12.7. The number of amides is 2. The van der Waals surface area contributed by atoms with Crippen LogP contribution in [0.3, 0.4) is 0 Å². The molecule has 11 heteroatoms. The van der Waals surface area contributed by atoms with Gasteiger partial charge >= 0.3 is 6.09 Å². The summed E-state index contributed by atoms with van der Waals surface area (Å²) in [5, 5.41) is 15.2. The Kier molecular flexibility index (Phi) is 10.2. The van der Waals surface area contributed by atoms with E-state index < -0.39 is 11.7 Å². The zero-order valence-corrected chi connectivity index (χ0v) is 23.5. The molecule has 1 aliphatic heterocycles. The molecule has 0 saturated carbocycles. The lowest BCUT2D eigenvalue weighted by atomic mass is 9.99. The Bertz CT molecular complexity index is 1320. The zero-order valence-electron chi connectivity index (χ0n) is 23.5. The summed E-state index contributed by atoms with van der Waals surface area (Å²) in [6.45, 7) is 13.0. The molecule has 212 valence electrons. The molecule has 0 atom stereocenters. The number of fused-ring (bicyclic) bond motifs is 1. The van der Waals surface area contributed by atoms with Crippen LogP contribution in [0.2, 0.25) is 0 Å². The Morgan fingerprint density at radius 1 is 1.20 bits per heavy atom. The number of benzene rings is 1. The van der Waals surface area contributed by atoms with Crippen molar-refractivity contribution in [3.63, 3.8) is 0 Å². The number of aromatic nitrogens is 1. The molecule has 2 aromatic rings. The number of ether oxygens (including phenoxy) is 1. The number of hydrogen-bond acceptors (Lipinski definition) is 9. The largest absolute Gasteiger partial charge is 0.444 e. The van der Waals surface area contributed by atoms with E-state index in [1.54, 1.807) is 31.7 Å². The minimum Gasteiger partial charge on any atom is -0.444 e. The highest BCUT2D eigenvalue weighted by Gasteiger charge is 2.21. The first-order valence-corrected chi connectivity index (χ1v) is 13.2. The first kappa shape index (κ1) is 30.1. The van der Waals surface area contributed by atoms with Crippen LogP contribution in [0.5, 0.6) is 0 Å². The van der Waals surface area contributed by atoms with Crippen LogP contribution in [0, 0.1) is 11.3 Å². The molecule has 0 spiro atoms. The van der Waals surface area contributed by atoms with Gasteiger partial charge in [-0.2, -0.15) is 11.2 Å². The van der Waals surface area contributed by atoms with Crippen LogP contribution in [0.15, 0.2) is 42.0 Å². The monoisotopic (exact) mass is 547 g/mol. The molecule has 0 unspecified atom stereocenters. The summed E-state index contributed by atoms with van der Waals surface area (Å²) < 4.78 is 5.20. The molecular weight excluding hydrogens is 510 g/mol. The molecule has 1 aromatic carbocycles. The second-order valence-corrected chi connectivity index (χ2v) is 10.4. The quantitative estimate of drug-likeness (QED) is 0.258. The molecule has 11 nitrogen and oxygen atoms in total. The molecule has 1 aliphatic rings. The second kappa shape index (κ2) is 13.6. The lowest BCUT2D eigenvalue weighted by Crippen LogP contribution is -2.42. The van der Waals surface area contributed by atoms with Crippen molar-refractivity contribution < 1.29 is 19.2 Å². The molecule has 2 amide bonds. The molecule has 3 rings (SSSR count). The van der Waals surface area contributed by atoms with E-state index in [4.69, 9.17) is 15.5 Å². The normalized spacial score (nSPS) is 13.4. The third-order valence-corrected chi connectivity index (χ3v) is 6.12. The Morgan fingerprint density at radius 3 is 2.58 bits per heavy atom. The van der Waals surface area contributed by atoms with Crippen molar-refractivity contribution in [3.05, 3.63) is 64.9 Å². The molecule has 40 heavy (non-hydrogen) atoms. The summed E-state index contributed by atoms with van der Waals surface area (Å²) in [4.78, 5) is 40.2. The van der Waals surface area contributed by atoms with E-state index in [-0.39, 0.29) is 18.3 Å². The van der Waals surface area contributed by atoms with Gasteiger partial charge in [0.15, 0.2) is 0 Å². The molecule has 2 heterocycles. The molecule has 0 radical (unpaired) electrons. The fourth-order valence-electron chi connectivity index (χ4n) is 4.13. The van der Waals surface area contributed by atoms with Crippen LogP contribution in [0.25, 0.3) is 5.70 Å². The minimum atomic E-state index is -0.632. The van der Waals surface area contributed by atoms with Crippen molar-refractivity contribution in [1.29, 1.82) is 5.26 Å². The van der Waals surface area contributed by atoms with Crippen LogP contribution in [-0.4, -0.2) is 59.6 Å². The summed E-state index contributed by atoms with van der Waals surface area (Å²) in [6.07, 6.45) is 3.14. The number of carbonyl (C=O) groups is 2. The van der Waals surface area contributed by atoms with Gasteiger partial charge in [0.1, 0.15) is 24.0 Å². The highest BCUT2D eigenvalue weighted by Crippen LogP contribution is 2.23. The number of nitrogens with two attached hydrogens (primary N) is 1. The van der Waals surface area contributed by atoms with E-state index >= 15 is 0 Å². The van der Waals surface area contributed by atoms with Gasteiger partial charge in [-0.25, -0.2) is 14.8 Å². The SMILES string of the molecule is C=C(N=C(ON)c1cnc(NCCC)c(C#N)c1)c1ccc2c(c1)CCN(C(=O)CNC(=O)OC(C)(C)C)CC2. The highest BCUT2D eigenvalue weighted by atomic mass is 16.6. The van der Waals surface area contributed by atoms with E-state index in [9.17, 15) is 14.9 Å². The number of alkyl carbamates (subject to hydrolysis) is 1. The Morgan fingerprint density at radius 2 is 1.93 bits per heavy atom. The highest BCUT2D eigenvalue weighted by molar-refractivity contribution is 5.97. The van der Waals surface area contributed by atoms with Gasteiger partial charge < -0.3 is 25.1 Å². The summed E-state index contributed by atoms with van der Waals surface area (Å²) >= 11 is 0. The number of nitriles is 1. The molecular formula is C29H37N7O4. The first-order chi connectivity index (χ1) is 19.0. The predicted octanol–water partition coefficient (Wildman–Crippen LogP) is 3.53. The van der Waals surface area contributed by atoms with Crippen LogP contribution in [0.1, 0.15) is 61.9 Å². The lowest BCUT2D eigenvalue weighted by Gasteiger charge is -2.22. The molecule has 4 N–H and O–H groups in total. The van der Waals surface area contributed by atoms with Crippen LogP contribution in [0.4, 0.5) is 10.6 Å². The zero-order chi connectivity index (χ0) is 29.3. The second-order valence-electron chi connectivity index (χ2n) is 10.4. The Balaban J connectivity index is 1.69. The fraction of sp³-hybridized carbons (Fsp3) is 0.414. The van der Waals surface area contributed by atoms with E-state index in [0.717, 1.165) is 23.1 Å².